The molecule has 2 heterocycles. The summed E-state index contributed by atoms with van der Waals surface area (Å²) >= 11 is 0. The number of hydrogen-bond donors (Lipinski definition) is 1. The van der Waals surface area contributed by atoms with Crippen molar-refractivity contribution in [3.8, 4) is 11.4 Å². The number of nitrogen functional groups attached to an aromatic ring is 1. The lowest BCUT2D eigenvalue weighted by Crippen LogP contribution is -2.33. The number of hydrogen-bond acceptors (Lipinski definition) is 4. The van der Waals surface area contributed by atoms with Gasteiger partial charge in [0.1, 0.15) is 12.4 Å². The van der Waals surface area contributed by atoms with Crippen LogP contribution in [0.3, 0.4) is 0 Å². The van der Waals surface area contributed by atoms with Crippen molar-refractivity contribution in [3.05, 3.63) is 52.9 Å². The molecular weight excluding hydrogens is 290 g/mol. The highest BCUT2D eigenvalue weighted by Gasteiger charge is 2.10. The molecule has 23 heavy (non-hydrogen) atoms. The Morgan fingerprint density at radius 3 is 2.70 bits per heavy atom. The number of aromatic nitrogens is 1. The van der Waals surface area contributed by atoms with E-state index in [1.54, 1.807) is 22.9 Å². The largest absolute Gasteiger partial charge is 0.490 e. The Labute approximate surface area is 136 Å². The lowest BCUT2D eigenvalue weighted by molar-refractivity contribution is 0.184. The van der Waals surface area contributed by atoms with Crippen LogP contribution >= 0.6 is 0 Å². The van der Waals surface area contributed by atoms with Gasteiger partial charge in [-0.1, -0.05) is 12.5 Å². The minimum absolute atomic E-state index is 0.0726. The van der Waals surface area contributed by atoms with Crippen LogP contribution in [0.1, 0.15) is 19.3 Å². The summed E-state index contributed by atoms with van der Waals surface area (Å²) in [6.45, 7) is 3.82. The van der Waals surface area contributed by atoms with Crippen molar-refractivity contribution in [1.29, 1.82) is 0 Å². The second-order valence-corrected chi connectivity index (χ2v) is 5.88. The van der Waals surface area contributed by atoms with E-state index in [4.69, 9.17) is 10.5 Å². The van der Waals surface area contributed by atoms with E-state index >= 15 is 0 Å². The molecule has 2 aromatic rings. The molecule has 0 amide bonds. The molecule has 0 aliphatic carbocycles. The lowest BCUT2D eigenvalue weighted by Gasteiger charge is -2.26. The molecule has 122 valence electrons. The molecule has 0 radical (unpaired) electrons. The summed E-state index contributed by atoms with van der Waals surface area (Å²) in [7, 11) is 0. The van der Waals surface area contributed by atoms with Crippen molar-refractivity contribution < 1.29 is 4.74 Å². The van der Waals surface area contributed by atoms with Crippen molar-refractivity contribution >= 4 is 5.69 Å². The third-order valence-corrected chi connectivity index (χ3v) is 4.21. The zero-order chi connectivity index (χ0) is 16.1. The summed E-state index contributed by atoms with van der Waals surface area (Å²) in [5, 5.41) is 0. The van der Waals surface area contributed by atoms with E-state index in [0.717, 1.165) is 25.3 Å². The number of anilines is 1. The van der Waals surface area contributed by atoms with Crippen LogP contribution in [0.2, 0.25) is 0 Å². The minimum atomic E-state index is -0.0726. The first-order valence-corrected chi connectivity index (χ1v) is 8.17. The number of benzene rings is 1. The second kappa shape index (κ2) is 7.33. The van der Waals surface area contributed by atoms with Gasteiger partial charge in [-0.15, -0.1) is 0 Å². The standard InChI is InChI=1S/C18H23N3O2/c19-16-8-7-15(21-11-5-2-6-18(21)22)14-17(16)23-13-12-20-9-3-1-4-10-20/h2,5-8,11,14H,1,3-4,9-10,12-13,19H2. The van der Waals surface area contributed by atoms with Crippen LogP contribution in [0.5, 0.6) is 5.75 Å². The summed E-state index contributed by atoms with van der Waals surface area (Å²) in [5.41, 5.74) is 7.28. The van der Waals surface area contributed by atoms with E-state index in [2.05, 4.69) is 4.90 Å². The molecule has 1 aromatic heterocycles. The number of nitrogens with two attached hydrogens (primary N) is 1. The van der Waals surface area contributed by atoms with Crippen molar-refractivity contribution in [2.75, 3.05) is 32.0 Å². The molecule has 3 rings (SSSR count). The minimum Gasteiger partial charge on any atom is -0.490 e. The summed E-state index contributed by atoms with van der Waals surface area (Å²) < 4.78 is 7.44. The first-order chi connectivity index (χ1) is 11.2. The predicted octanol–water partition coefficient (Wildman–Crippen LogP) is 2.28. The number of piperidine rings is 1. The van der Waals surface area contributed by atoms with Gasteiger partial charge in [0, 0.05) is 24.9 Å². The maximum atomic E-state index is 11.9. The highest BCUT2D eigenvalue weighted by Crippen LogP contribution is 2.24. The van der Waals surface area contributed by atoms with Crippen LogP contribution < -0.4 is 16.0 Å². The van der Waals surface area contributed by atoms with Gasteiger partial charge in [-0.3, -0.25) is 14.3 Å². The zero-order valence-electron chi connectivity index (χ0n) is 13.3. The quantitative estimate of drug-likeness (QED) is 0.860. The molecule has 0 saturated carbocycles. The van der Waals surface area contributed by atoms with Gasteiger partial charge >= 0.3 is 0 Å². The Morgan fingerprint density at radius 2 is 1.91 bits per heavy atom. The van der Waals surface area contributed by atoms with Crippen LogP contribution in [-0.2, 0) is 0 Å². The van der Waals surface area contributed by atoms with Gasteiger partial charge in [0.05, 0.1) is 11.4 Å². The SMILES string of the molecule is Nc1ccc(-n2ccccc2=O)cc1OCCN1CCCCC1. The third-order valence-electron chi connectivity index (χ3n) is 4.21. The predicted molar refractivity (Wildman–Crippen MR) is 92.2 cm³/mol. The fourth-order valence-electron chi connectivity index (χ4n) is 2.91. The van der Waals surface area contributed by atoms with Gasteiger partial charge in [0.2, 0.25) is 0 Å². The van der Waals surface area contributed by atoms with E-state index in [-0.39, 0.29) is 5.56 Å². The molecule has 1 aliphatic heterocycles. The number of rotatable bonds is 5. The van der Waals surface area contributed by atoms with Gasteiger partial charge in [-0.2, -0.15) is 0 Å². The highest BCUT2D eigenvalue weighted by atomic mass is 16.5. The van der Waals surface area contributed by atoms with Gasteiger partial charge in [-0.05, 0) is 44.1 Å². The lowest BCUT2D eigenvalue weighted by atomic mass is 10.1. The van der Waals surface area contributed by atoms with Gasteiger partial charge in [0.25, 0.3) is 5.56 Å². The van der Waals surface area contributed by atoms with E-state index in [1.807, 2.05) is 18.2 Å². The molecule has 0 unspecified atom stereocenters. The molecule has 1 aromatic carbocycles. The van der Waals surface area contributed by atoms with Crippen LogP contribution in [0, 0.1) is 0 Å². The Balaban J connectivity index is 1.68. The molecular formula is C18H23N3O2. The first-order valence-electron chi connectivity index (χ1n) is 8.17. The molecule has 1 fully saturated rings. The Hall–Kier alpha value is -2.27. The number of pyridine rings is 1. The van der Waals surface area contributed by atoms with E-state index in [0.29, 0.717) is 18.0 Å². The molecule has 0 atom stereocenters. The second-order valence-electron chi connectivity index (χ2n) is 5.88. The summed E-state index contributed by atoms with van der Waals surface area (Å²) in [6.07, 6.45) is 5.62. The van der Waals surface area contributed by atoms with E-state index in [1.165, 1.54) is 25.3 Å². The molecule has 1 saturated heterocycles. The number of nitrogens with zero attached hydrogens (tertiary/aromatic N) is 2. The van der Waals surface area contributed by atoms with Crippen molar-refractivity contribution in [2.45, 2.75) is 19.3 Å². The smallest absolute Gasteiger partial charge is 0.255 e. The third kappa shape index (κ3) is 3.93. The monoisotopic (exact) mass is 313 g/mol. The van der Waals surface area contributed by atoms with Crippen LogP contribution in [0.25, 0.3) is 5.69 Å². The molecule has 5 heteroatoms. The Morgan fingerprint density at radius 1 is 1.09 bits per heavy atom. The fraction of sp³-hybridized carbons (Fsp3) is 0.389. The molecule has 0 spiro atoms. The Bertz CT molecular complexity index is 705. The fourth-order valence-corrected chi connectivity index (χ4v) is 2.91. The molecule has 1 aliphatic rings. The first kappa shape index (κ1) is 15.6. The van der Waals surface area contributed by atoms with Gasteiger partial charge in [0.15, 0.2) is 0 Å². The van der Waals surface area contributed by atoms with Crippen LogP contribution in [0.4, 0.5) is 5.69 Å². The van der Waals surface area contributed by atoms with Gasteiger partial charge < -0.3 is 10.5 Å². The van der Waals surface area contributed by atoms with Gasteiger partial charge in [-0.25, -0.2) is 0 Å². The molecule has 0 bridgehead atoms. The normalized spacial score (nSPS) is 15.5. The number of ether oxygens (including phenoxy) is 1. The average Bonchev–Trinajstić information content (AvgIpc) is 2.58. The zero-order valence-corrected chi connectivity index (χ0v) is 13.3. The van der Waals surface area contributed by atoms with E-state index < -0.39 is 0 Å². The van der Waals surface area contributed by atoms with Crippen molar-refractivity contribution in [3.63, 3.8) is 0 Å². The molecule has 2 N–H and O–H groups in total. The summed E-state index contributed by atoms with van der Waals surface area (Å²) in [6, 6.07) is 10.5. The maximum absolute atomic E-state index is 11.9. The maximum Gasteiger partial charge on any atom is 0.255 e. The average molecular weight is 313 g/mol. The summed E-state index contributed by atoms with van der Waals surface area (Å²) in [5.74, 6) is 0.635. The molecule has 5 nitrogen and oxygen atoms in total. The summed E-state index contributed by atoms with van der Waals surface area (Å²) in [4.78, 5) is 14.3. The Kier molecular flexibility index (Phi) is 4.98. The van der Waals surface area contributed by atoms with Crippen molar-refractivity contribution in [1.82, 2.24) is 9.47 Å². The van der Waals surface area contributed by atoms with Crippen LogP contribution in [-0.4, -0.2) is 35.7 Å². The topological polar surface area (TPSA) is 60.5 Å². The van der Waals surface area contributed by atoms with Crippen molar-refractivity contribution in [2.24, 2.45) is 0 Å². The number of likely N-dealkylation sites (tertiary alicyclic amines) is 1. The van der Waals surface area contributed by atoms with E-state index in [9.17, 15) is 4.79 Å². The highest BCUT2D eigenvalue weighted by molar-refractivity contribution is 5.57. The van der Waals surface area contributed by atoms with Crippen LogP contribution in [0.15, 0.2) is 47.4 Å².